The number of aryl methyl sites for hydroxylation is 1. The molecule has 0 amide bonds. The van der Waals surface area contributed by atoms with Gasteiger partial charge in [-0.25, -0.2) is 0 Å². The third-order valence-corrected chi connectivity index (χ3v) is 3.43. The molecule has 1 aromatic rings. The van der Waals surface area contributed by atoms with Crippen molar-refractivity contribution < 1.29 is 9.53 Å². The van der Waals surface area contributed by atoms with E-state index in [0.29, 0.717) is 6.10 Å². The summed E-state index contributed by atoms with van der Waals surface area (Å²) in [6, 6.07) is 1.94. The summed E-state index contributed by atoms with van der Waals surface area (Å²) in [7, 11) is 0. The van der Waals surface area contributed by atoms with Crippen molar-refractivity contribution in [3.8, 4) is 0 Å². The van der Waals surface area contributed by atoms with Crippen LogP contribution in [0.2, 0.25) is 0 Å². The number of carbonyl (C=O) groups is 1. The van der Waals surface area contributed by atoms with Gasteiger partial charge in [-0.1, -0.05) is 6.58 Å². The molecule has 3 nitrogen and oxygen atoms in total. The van der Waals surface area contributed by atoms with Gasteiger partial charge in [-0.05, 0) is 38.8 Å². The second kappa shape index (κ2) is 4.88. The predicted molar refractivity (Wildman–Crippen MR) is 67.4 cm³/mol. The van der Waals surface area contributed by atoms with Crippen LogP contribution >= 0.6 is 0 Å². The molecule has 1 unspecified atom stereocenters. The minimum Gasteiger partial charge on any atom is -0.376 e. The Labute approximate surface area is 102 Å². The van der Waals surface area contributed by atoms with E-state index in [0.717, 1.165) is 42.9 Å². The van der Waals surface area contributed by atoms with Crippen molar-refractivity contribution >= 4 is 5.78 Å². The van der Waals surface area contributed by atoms with Crippen LogP contribution in [0, 0.1) is 13.8 Å². The van der Waals surface area contributed by atoms with Gasteiger partial charge in [-0.2, -0.15) is 0 Å². The summed E-state index contributed by atoms with van der Waals surface area (Å²) < 4.78 is 7.81. The number of ether oxygens (including phenoxy) is 1. The summed E-state index contributed by atoms with van der Waals surface area (Å²) >= 11 is 0. The number of aromatic nitrogens is 1. The van der Waals surface area contributed by atoms with Crippen LogP contribution in [0.25, 0.3) is 0 Å². The zero-order valence-electron chi connectivity index (χ0n) is 10.5. The number of hydrogen-bond acceptors (Lipinski definition) is 2. The molecule has 1 fully saturated rings. The SMILES string of the molecule is C=CC(=O)c1cc(C)n(CC2CCCO2)c1C. The number of ketones is 1. The van der Waals surface area contributed by atoms with Crippen molar-refractivity contribution in [1.82, 2.24) is 4.57 Å². The minimum absolute atomic E-state index is 0.00306. The van der Waals surface area contributed by atoms with E-state index in [1.165, 1.54) is 6.08 Å². The summed E-state index contributed by atoms with van der Waals surface area (Å²) in [4.78, 5) is 11.7. The molecule has 1 aromatic heterocycles. The molecule has 92 valence electrons. The molecule has 0 bridgehead atoms. The highest BCUT2D eigenvalue weighted by Crippen LogP contribution is 2.20. The van der Waals surface area contributed by atoms with Crippen LogP contribution in [0.1, 0.15) is 34.6 Å². The lowest BCUT2D eigenvalue weighted by molar-refractivity contribution is 0.0958. The van der Waals surface area contributed by atoms with Crippen LogP contribution in [-0.4, -0.2) is 23.1 Å². The van der Waals surface area contributed by atoms with Crippen molar-refractivity contribution in [3.63, 3.8) is 0 Å². The zero-order chi connectivity index (χ0) is 12.4. The highest BCUT2D eigenvalue weighted by atomic mass is 16.5. The Bertz CT molecular complexity index is 439. The van der Waals surface area contributed by atoms with Crippen LogP contribution in [0.5, 0.6) is 0 Å². The lowest BCUT2D eigenvalue weighted by atomic mass is 10.1. The molecule has 0 N–H and O–H groups in total. The van der Waals surface area contributed by atoms with E-state index in [9.17, 15) is 4.79 Å². The quantitative estimate of drug-likeness (QED) is 0.591. The van der Waals surface area contributed by atoms with E-state index in [1.807, 2.05) is 19.9 Å². The average Bonchev–Trinajstić information content (AvgIpc) is 2.91. The van der Waals surface area contributed by atoms with Crippen molar-refractivity contribution in [1.29, 1.82) is 0 Å². The molecule has 0 aliphatic carbocycles. The first-order chi connectivity index (χ1) is 8.13. The maximum absolute atomic E-state index is 11.7. The number of allylic oxidation sites excluding steroid dienone is 1. The minimum atomic E-state index is -0.00306. The van der Waals surface area contributed by atoms with Gasteiger partial charge in [0, 0.05) is 30.1 Å². The van der Waals surface area contributed by atoms with Gasteiger partial charge in [0.25, 0.3) is 0 Å². The second-order valence-electron chi connectivity index (χ2n) is 4.60. The van der Waals surface area contributed by atoms with E-state index in [4.69, 9.17) is 4.74 Å². The first-order valence-corrected chi connectivity index (χ1v) is 6.08. The van der Waals surface area contributed by atoms with Crippen molar-refractivity contribution in [2.75, 3.05) is 6.61 Å². The third kappa shape index (κ3) is 2.34. The molecule has 1 aliphatic heterocycles. The van der Waals surface area contributed by atoms with E-state index in [1.54, 1.807) is 0 Å². The zero-order valence-corrected chi connectivity index (χ0v) is 10.5. The monoisotopic (exact) mass is 233 g/mol. The maximum Gasteiger partial charge on any atom is 0.187 e. The summed E-state index contributed by atoms with van der Waals surface area (Å²) in [6.45, 7) is 9.26. The Balaban J connectivity index is 2.24. The van der Waals surface area contributed by atoms with Gasteiger partial charge in [0.05, 0.1) is 6.10 Å². The Morgan fingerprint density at radius 2 is 2.41 bits per heavy atom. The van der Waals surface area contributed by atoms with Gasteiger partial charge in [0.2, 0.25) is 0 Å². The fraction of sp³-hybridized carbons (Fsp3) is 0.500. The molecule has 1 atom stereocenters. The number of nitrogens with zero attached hydrogens (tertiary/aromatic N) is 1. The van der Waals surface area contributed by atoms with Crippen molar-refractivity contribution in [3.05, 3.63) is 35.7 Å². The smallest absolute Gasteiger partial charge is 0.187 e. The Morgan fingerprint density at radius 1 is 1.65 bits per heavy atom. The largest absolute Gasteiger partial charge is 0.376 e. The molecule has 17 heavy (non-hydrogen) atoms. The normalized spacial score (nSPS) is 19.5. The first kappa shape index (κ1) is 12.1. The van der Waals surface area contributed by atoms with E-state index >= 15 is 0 Å². The molecule has 0 radical (unpaired) electrons. The molecule has 1 saturated heterocycles. The fourth-order valence-electron chi connectivity index (χ4n) is 2.43. The summed E-state index contributed by atoms with van der Waals surface area (Å²) in [5.74, 6) is -0.00306. The average molecular weight is 233 g/mol. The Kier molecular flexibility index (Phi) is 3.48. The lowest BCUT2D eigenvalue weighted by Crippen LogP contribution is -2.17. The number of rotatable bonds is 4. The van der Waals surface area contributed by atoms with Gasteiger partial charge in [0.1, 0.15) is 0 Å². The molecular formula is C14H19NO2. The van der Waals surface area contributed by atoms with Crippen LogP contribution in [-0.2, 0) is 11.3 Å². The third-order valence-electron chi connectivity index (χ3n) is 3.43. The fourth-order valence-corrected chi connectivity index (χ4v) is 2.43. The predicted octanol–water partition coefficient (Wildman–Crippen LogP) is 2.65. The Morgan fingerprint density at radius 3 is 3.00 bits per heavy atom. The standard InChI is InChI=1S/C14H19NO2/c1-4-14(16)13-8-10(2)15(11(13)3)9-12-6-5-7-17-12/h4,8,12H,1,5-7,9H2,2-3H3. The lowest BCUT2D eigenvalue weighted by Gasteiger charge is -2.14. The van der Waals surface area contributed by atoms with Crippen LogP contribution < -0.4 is 0 Å². The van der Waals surface area contributed by atoms with E-state index in [2.05, 4.69) is 11.1 Å². The summed E-state index contributed by atoms with van der Waals surface area (Å²) in [6.07, 6.45) is 3.93. The highest BCUT2D eigenvalue weighted by molar-refractivity contribution is 6.05. The molecule has 2 heterocycles. The van der Waals surface area contributed by atoms with Gasteiger partial charge >= 0.3 is 0 Å². The first-order valence-electron chi connectivity index (χ1n) is 6.08. The molecule has 1 aliphatic rings. The van der Waals surface area contributed by atoms with Crippen LogP contribution in [0.4, 0.5) is 0 Å². The summed E-state index contributed by atoms with van der Waals surface area (Å²) in [5, 5.41) is 0. The number of hydrogen-bond donors (Lipinski definition) is 0. The van der Waals surface area contributed by atoms with Gasteiger partial charge in [-0.3, -0.25) is 4.79 Å². The number of carbonyl (C=O) groups excluding carboxylic acids is 1. The van der Waals surface area contributed by atoms with Crippen LogP contribution in [0.3, 0.4) is 0 Å². The van der Waals surface area contributed by atoms with Gasteiger partial charge in [0.15, 0.2) is 5.78 Å². The molecule has 0 saturated carbocycles. The van der Waals surface area contributed by atoms with Gasteiger partial charge < -0.3 is 9.30 Å². The molecule has 2 rings (SSSR count). The van der Waals surface area contributed by atoms with E-state index < -0.39 is 0 Å². The second-order valence-corrected chi connectivity index (χ2v) is 4.60. The maximum atomic E-state index is 11.7. The molecule has 3 heteroatoms. The van der Waals surface area contributed by atoms with Gasteiger partial charge in [-0.15, -0.1) is 0 Å². The highest BCUT2D eigenvalue weighted by Gasteiger charge is 2.19. The Hall–Kier alpha value is -1.35. The molecular weight excluding hydrogens is 214 g/mol. The van der Waals surface area contributed by atoms with Crippen molar-refractivity contribution in [2.45, 2.75) is 39.3 Å². The summed E-state index contributed by atoms with van der Waals surface area (Å²) in [5.41, 5.74) is 2.89. The van der Waals surface area contributed by atoms with Crippen molar-refractivity contribution in [2.24, 2.45) is 0 Å². The molecule has 0 aromatic carbocycles. The topological polar surface area (TPSA) is 31.2 Å². The van der Waals surface area contributed by atoms with E-state index in [-0.39, 0.29) is 5.78 Å². The molecule has 0 spiro atoms. The van der Waals surface area contributed by atoms with Crippen LogP contribution in [0.15, 0.2) is 18.7 Å².